The van der Waals surface area contributed by atoms with Crippen LogP contribution in [-0.4, -0.2) is 16.5 Å². The van der Waals surface area contributed by atoms with Gasteiger partial charge in [0.05, 0.1) is 34.9 Å². The Balaban J connectivity index is 2.02. The lowest BCUT2D eigenvalue weighted by Gasteiger charge is -2.05. The Bertz CT molecular complexity index is 544. The highest BCUT2D eigenvalue weighted by Crippen LogP contribution is 2.08. The zero-order valence-corrected chi connectivity index (χ0v) is 9.72. The Morgan fingerprint density at radius 3 is 2.88 bits per heavy atom. The van der Waals surface area contributed by atoms with Crippen LogP contribution in [0.3, 0.4) is 0 Å². The van der Waals surface area contributed by atoms with E-state index in [1.807, 2.05) is 31.2 Å². The highest BCUT2D eigenvalue weighted by atomic mass is 14.9. The van der Waals surface area contributed by atoms with Crippen molar-refractivity contribution >= 4 is 11.0 Å². The molecule has 86 valence electrons. The van der Waals surface area contributed by atoms with Gasteiger partial charge in [0.1, 0.15) is 0 Å². The van der Waals surface area contributed by atoms with Gasteiger partial charge in [0, 0.05) is 13.1 Å². The molecule has 17 heavy (non-hydrogen) atoms. The van der Waals surface area contributed by atoms with E-state index in [-0.39, 0.29) is 5.92 Å². The van der Waals surface area contributed by atoms with Crippen molar-refractivity contribution in [3.8, 4) is 6.07 Å². The van der Waals surface area contributed by atoms with Gasteiger partial charge in [-0.25, -0.2) is 4.98 Å². The first kappa shape index (κ1) is 11.5. The molecule has 4 nitrogen and oxygen atoms in total. The van der Waals surface area contributed by atoms with Crippen LogP contribution in [0.4, 0.5) is 0 Å². The number of aromatic nitrogens is 2. The third kappa shape index (κ3) is 2.99. The molecule has 0 saturated heterocycles. The molecule has 2 aromatic rings. The predicted molar refractivity (Wildman–Crippen MR) is 66.0 cm³/mol. The molecule has 1 aromatic heterocycles. The van der Waals surface area contributed by atoms with Crippen molar-refractivity contribution in [2.45, 2.75) is 13.5 Å². The minimum atomic E-state index is 0.0171. The second-order valence-corrected chi connectivity index (χ2v) is 4.01. The molecular weight excluding hydrogens is 212 g/mol. The number of hydrogen-bond donors (Lipinski definition) is 1. The van der Waals surface area contributed by atoms with Gasteiger partial charge in [-0.15, -0.1) is 0 Å². The molecule has 2 rings (SSSR count). The number of para-hydroxylation sites is 2. The van der Waals surface area contributed by atoms with Crippen LogP contribution in [0.15, 0.2) is 30.5 Å². The largest absolute Gasteiger partial charge is 0.310 e. The normalized spacial score (nSPS) is 12.2. The average molecular weight is 226 g/mol. The molecular formula is C13H14N4. The molecule has 0 aliphatic heterocycles. The van der Waals surface area contributed by atoms with E-state index < -0.39 is 0 Å². The summed E-state index contributed by atoms with van der Waals surface area (Å²) in [5, 5.41) is 11.8. The van der Waals surface area contributed by atoms with E-state index in [1.165, 1.54) is 0 Å². The molecule has 0 aliphatic rings. The number of hydrogen-bond acceptors (Lipinski definition) is 4. The number of fused-ring (bicyclic) bond motifs is 1. The lowest BCUT2D eigenvalue weighted by atomic mass is 10.2. The minimum Gasteiger partial charge on any atom is -0.310 e. The van der Waals surface area contributed by atoms with E-state index in [1.54, 1.807) is 6.20 Å². The third-order valence-corrected chi connectivity index (χ3v) is 2.48. The smallest absolute Gasteiger partial charge is 0.0890 e. The summed E-state index contributed by atoms with van der Waals surface area (Å²) in [6.07, 6.45) is 1.77. The molecule has 0 aliphatic carbocycles. The SMILES string of the molecule is CC(C#N)CNCc1cnc2ccccc2n1. The van der Waals surface area contributed by atoms with Crippen LogP contribution in [0.2, 0.25) is 0 Å². The van der Waals surface area contributed by atoms with Crippen molar-refractivity contribution < 1.29 is 0 Å². The van der Waals surface area contributed by atoms with Crippen LogP contribution in [0.5, 0.6) is 0 Å². The van der Waals surface area contributed by atoms with Gasteiger partial charge in [-0.3, -0.25) is 4.98 Å². The summed E-state index contributed by atoms with van der Waals surface area (Å²) in [6, 6.07) is 9.97. The summed E-state index contributed by atoms with van der Waals surface area (Å²) in [7, 11) is 0. The third-order valence-electron chi connectivity index (χ3n) is 2.48. The van der Waals surface area contributed by atoms with E-state index in [0.717, 1.165) is 16.7 Å². The summed E-state index contributed by atoms with van der Waals surface area (Å²) in [5.74, 6) is 0.0171. The number of rotatable bonds is 4. The number of nitriles is 1. The molecule has 0 fully saturated rings. The molecule has 1 aromatic carbocycles. The van der Waals surface area contributed by atoms with Crippen molar-refractivity contribution in [1.82, 2.24) is 15.3 Å². The molecule has 0 spiro atoms. The highest BCUT2D eigenvalue weighted by molar-refractivity contribution is 5.73. The van der Waals surface area contributed by atoms with Crippen LogP contribution >= 0.6 is 0 Å². The van der Waals surface area contributed by atoms with E-state index >= 15 is 0 Å². The lowest BCUT2D eigenvalue weighted by molar-refractivity contribution is 0.595. The van der Waals surface area contributed by atoms with Crippen molar-refractivity contribution in [3.05, 3.63) is 36.2 Å². The molecule has 1 atom stereocenters. The van der Waals surface area contributed by atoms with Gasteiger partial charge < -0.3 is 5.32 Å². The van der Waals surface area contributed by atoms with E-state index in [4.69, 9.17) is 5.26 Å². The Labute approximate surface area is 100 Å². The molecule has 0 radical (unpaired) electrons. The standard InChI is InChI=1S/C13H14N4/c1-10(6-14)7-15-8-11-9-16-12-4-2-3-5-13(12)17-11/h2-5,9-10,15H,7-8H2,1H3. The Morgan fingerprint density at radius 2 is 2.12 bits per heavy atom. The molecule has 0 saturated carbocycles. The van der Waals surface area contributed by atoms with Crippen LogP contribution in [-0.2, 0) is 6.54 Å². The van der Waals surface area contributed by atoms with Crippen molar-refractivity contribution in [2.24, 2.45) is 5.92 Å². The van der Waals surface area contributed by atoms with Crippen LogP contribution in [0.25, 0.3) is 11.0 Å². The fourth-order valence-corrected chi connectivity index (χ4v) is 1.54. The fourth-order valence-electron chi connectivity index (χ4n) is 1.54. The molecule has 1 unspecified atom stereocenters. The highest BCUT2D eigenvalue weighted by Gasteiger charge is 2.01. The summed E-state index contributed by atoms with van der Waals surface area (Å²) >= 11 is 0. The van der Waals surface area contributed by atoms with Crippen LogP contribution in [0.1, 0.15) is 12.6 Å². The van der Waals surface area contributed by atoms with E-state index in [0.29, 0.717) is 13.1 Å². The Morgan fingerprint density at radius 1 is 1.35 bits per heavy atom. The minimum absolute atomic E-state index is 0.0171. The maximum absolute atomic E-state index is 8.66. The molecule has 0 bridgehead atoms. The van der Waals surface area contributed by atoms with Gasteiger partial charge in [-0.05, 0) is 19.1 Å². The van der Waals surface area contributed by atoms with Crippen LogP contribution < -0.4 is 5.32 Å². The van der Waals surface area contributed by atoms with E-state index in [2.05, 4.69) is 21.4 Å². The maximum Gasteiger partial charge on any atom is 0.0890 e. The topological polar surface area (TPSA) is 61.6 Å². The lowest BCUT2D eigenvalue weighted by Crippen LogP contribution is -2.20. The van der Waals surface area contributed by atoms with Crippen LogP contribution in [0, 0.1) is 17.2 Å². The Hall–Kier alpha value is -1.99. The monoisotopic (exact) mass is 226 g/mol. The molecule has 0 amide bonds. The fraction of sp³-hybridized carbons (Fsp3) is 0.308. The van der Waals surface area contributed by atoms with Gasteiger partial charge in [-0.1, -0.05) is 12.1 Å². The average Bonchev–Trinajstić information content (AvgIpc) is 2.38. The molecule has 1 N–H and O–H groups in total. The van der Waals surface area contributed by atoms with Crippen molar-refractivity contribution in [2.75, 3.05) is 6.54 Å². The number of benzene rings is 1. The first-order chi connectivity index (χ1) is 8.29. The second kappa shape index (κ2) is 5.37. The van der Waals surface area contributed by atoms with Gasteiger partial charge in [0.25, 0.3) is 0 Å². The first-order valence-electron chi connectivity index (χ1n) is 5.60. The van der Waals surface area contributed by atoms with Gasteiger partial charge in [0.2, 0.25) is 0 Å². The number of nitrogens with zero attached hydrogens (tertiary/aromatic N) is 3. The summed E-state index contributed by atoms with van der Waals surface area (Å²) in [6.45, 7) is 3.20. The second-order valence-electron chi connectivity index (χ2n) is 4.01. The first-order valence-corrected chi connectivity index (χ1v) is 5.60. The summed E-state index contributed by atoms with van der Waals surface area (Å²) < 4.78 is 0. The van der Waals surface area contributed by atoms with E-state index in [9.17, 15) is 0 Å². The Kier molecular flexibility index (Phi) is 3.63. The molecule has 4 heteroatoms. The van der Waals surface area contributed by atoms with Gasteiger partial charge in [-0.2, -0.15) is 5.26 Å². The molecule has 1 heterocycles. The van der Waals surface area contributed by atoms with Crippen molar-refractivity contribution in [3.63, 3.8) is 0 Å². The van der Waals surface area contributed by atoms with Gasteiger partial charge in [0.15, 0.2) is 0 Å². The summed E-state index contributed by atoms with van der Waals surface area (Å²) in [5.41, 5.74) is 2.70. The zero-order valence-electron chi connectivity index (χ0n) is 9.72. The maximum atomic E-state index is 8.66. The van der Waals surface area contributed by atoms with Gasteiger partial charge >= 0.3 is 0 Å². The predicted octanol–water partition coefficient (Wildman–Crippen LogP) is 1.88. The summed E-state index contributed by atoms with van der Waals surface area (Å²) in [4.78, 5) is 8.82. The van der Waals surface area contributed by atoms with Crippen molar-refractivity contribution in [1.29, 1.82) is 5.26 Å². The number of nitrogens with one attached hydrogen (secondary N) is 1. The quantitative estimate of drug-likeness (QED) is 0.864. The zero-order chi connectivity index (χ0) is 12.1.